The second-order valence-electron chi connectivity index (χ2n) is 6.14. The van der Waals surface area contributed by atoms with Crippen molar-refractivity contribution in [3.8, 4) is 5.75 Å². The van der Waals surface area contributed by atoms with E-state index in [0.717, 1.165) is 11.3 Å². The normalized spacial score (nSPS) is 10.3. The molecule has 2 aromatic carbocycles. The maximum atomic E-state index is 12.4. The molecular formula is C21H19N3O4. The Bertz CT molecular complexity index is 973. The zero-order valence-corrected chi connectivity index (χ0v) is 15.3. The lowest BCUT2D eigenvalue weighted by atomic mass is 10.1. The summed E-state index contributed by atoms with van der Waals surface area (Å²) in [7, 11) is 0. The van der Waals surface area contributed by atoms with Crippen LogP contribution in [0.1, 0.15) is 27.2 Å². The number of hydrogen-bond donors (Lipinski definition) is 1. The molecule has 28 heavy (non-hydrogen) atoms. The van der Waals surface area contributed by atoms with Crippen molar-refractivity contribution >= 4 is 11.6 Å². The van der Waals surface area contributed by atoms with Gasteiger partial charge in [0.25, 0.3) is 11.6 Å². The first-order valence-electron chi connectivity index (χ1n) is 8.68. The molecule has 0 aliphatic rings. The van der Waals surface area contributed by atoms with Gasteiger partial charge in [0, 0.05) is 29.9 Å². The largest absolute Gasteiger partial charge is 0.487 e. The molecule has 142 valence electrons. The quantitative estimate of drug-likeness (QED) is 0.499. The van der Waals surface area contributed by atoms with E-state index in [-0.39, 0.29) is 11.6 Å². The van der Waals surface area contributed by atoms with Crippen LogP contribution in [0, 0.1) is 17.0 Å². The van der Waals surface area contributed by atoms with E-state index in [4.69, 9.17) is 4.74 Å². The third-order valence-corrected chi connectivity index (χ3v) is 4.24. The van der Waals surface area contributed by atoms with Crippen molar-refractivity contribution in [1.82, 2.24) is 10.3 Å². The lowest BCUT2D eigenvalue weighted by molar-refractivity contribution is -0.385. The van der Waals surface area contributed by atoms with Crippen molar-refractivity contribution in [1.29, 1.82) is 0 Å². The molecular weight excluding hydrogens is 358 g/mol. The number of aromatic nitrogens is 1. The van der Waals surface area contributed by atoms with Gasteiger partial charge in [-0.25, -0.2) is 0 Å². The van der Waals surface area contributed by atoms with Crippen LogP contribution in [-0.4, -0.2) is 15.8 Å². The molecule has 1 amide bonds. The van der Waals surface area contributed by atoms with E-state index in [1.54, 1.807) is 19.2 Å². The lowest BCUT2D eigenvalue weighted by Gasteiger charge is -2.09. The molecule has 0 aliphatic carbocycles. The maximum absolute atomic E-state index is 12.4. The molecule has 1 N–H and O–H groups in total. The molecule has 1 heterocycles. The smallest absolute Gasteiger partial charge is 0.273 e. The lowest BCUT2D eigenvalue weighted by Crippen LogP contribution is -2.23. The molecule has 0 aliphatic heterocycles. The molecule has 3 aromatic rings. The van der Waals surface area contributed by atoms with Gasteiger partial charge < -0.3 is 10.1 Å². The number of rotatable bonds is 7. The van der Waals surface area contributed by atoms with Crippen LogP contribution in [0.5, 0.6) is 5.75 Å². The summed E-state index contributed by atoms with van der Waals surface area (Å²) in [5, 5.41) is 13.8. The Kier molecular flexibility index (Phi) is 5.96. The topological polar surface area (TPSA) is 94.4 Å². The van der Waals surface area contributed by atoms with Crippen LogP contribution in [0.3, 0.4) is 0 Å². The van der Waals surface area contributed by atoms with Crippen LogP contribution in [0.25, 0.3) is 0 Å². The molecule has 0 saturated heterocycles. The summed E-state index contributed by atoms with van der Waals surface area (Å²) < 4.78 is 5.68. The predicted octanol–water partition coefficient (Wildman–Crippen LogP) is 3.81. The highest BCUT2D eigenvalue weighted by Crippen LogP contribution is 2.21. The number of nitro benzene ring substituents is 1. The number of carbonyl (C=O) groups is 1. The summed E-state index contributed by atoms with van der Waals surface area (Å²) in [4.78, 5) is 27.1. The molecule has 1 aromatic heterocycles. The number of nitro groups is 1. The van der Waals surface area contributed by atoms with E-state index in [0.29, 0.717) is 30.0 Å². The number of amides is 1. The molecule has 7 nitrogen and oxygen atoms in total. The van der Waals surface area contributed by atoms with Gasteiger partial charge in [0.15, 0.2) is 0 Å². The van der Waals surface area contributed by atoms with E-state index in [1.807, 2.05) is 42.5 Å². The molecule has 0 fully saturated rings. The van der Waals surface area contributed by atoms with Gasteiger partial charge in [-0.15, -0.1) is 0 Å². The van der Waals surface area contributed by atoms with Crippen molar-refractivity contribution in [3.05, 3.63) is 99.4 Å². The molecule has 0 bridgehead atoms. The number of nitrogens with one attached hydrogen (secondary N) is 1. The first-order chi connectivity index (χ1) is 13.5. The van der Waals surface area contributed by atoms with Crippen molar-refractivity contribution in [3.63, 3.8) is 0 Å². The Labute approximate surface area is 162 Å². The number of hydrogen-bond acceptors (Lipinski definition) is 5. The van der Waals surface area contributed by atoms with E-state index >= 15 is 0 Å². The second-order valence-corrected chi connectivity index (χ2v) is 6.14. The predicted molar refractivity (Wildman–Crippen MR) is 104 cm³/mol. The number of ether oxygens (including phenoxy) is 1. The van der Waals surface area contributed by atoms with Gasteiger partial charge >= 0.3 is 0 Å². The van der Waals surface area contributed by atoms with Crippen LogP contribution >= 0.6 is 0 Å². The monoisotopic (exact) mass is 377 g/mol. The van der Waals surface area contributed by atoms with Gasteiger partial charge in [0.2, 0.25) is 0 Å². The van der Waals surface area contributed by atoms with Crippen LogP contribution < -0.4 is 10.1 Å². The van der Waals surface area contributed by atoms with Crippen LogP contribution in [0.4, 0.5) is 5.69 Å². The van der Waals surface area contributed by atoms with E-state index in [1.165, 1.54) is 12.1 Å². The summed E-state index contributed by atoms with van der Waals surface area (Å²) in [6.07, 6.45) is 1.72. The third kappa shape index (κ3) is 4.70. The van der Waals surface area contributed by atoms with E-state index in [9.17, 15) is 14.9 Å². The summed E-state index contributed by atoms with van der Waals surface area (Å²) in [5.74, 6) is 0.354. The average Bonchev–Trinajstić information content (AvgIpc) is 2.72. The molecule has 0 radical (unpaired) electrons. The number of carbonyl (C=O) groups excluding carboxylic acids is 1. The van der Waals surface area contributed by atoms with E-state index in [2.05, 4.69) is 10.3 Å². The molecule has 0 spiro atoms. The Hall–Kier alpha value is -3.74. The molecule has 0 atom stereocenters. The fraction of sp³-hybridized carbons (Fsp3) is 0.143. The summed E-state index contributed by atoms with van der Waals surface area (Å²) in [6.45, 7) is 2.26. The first kappa shape index (κ1) is 19.0. The standard InChI is InChI=1S/C21H19N3O4/c1-15-19(6-4-7-20(15)24(26)27)21(25)23-13-16-8-10-18(11-9-16)28-14-17-5-2-3-12-22-17/h2-12H,13-14H2,1H3,(H,23,25). The SMILES string of the molecule is Cc1c(C(=O)NCc2ccc(OCc3ccccn3)cc2)cccc1[N+](=O)[O-]. The average molecular weight is 377 g/mol. The van der Waals surface area contributed by atoms with Gasteiger partial charge in [0.05, 0.1) is 10.6 Å². The zero-order chi connectivity index (χ0) is 19.9. The van der Waals surface area contributed by atoms with Gasteiger partial charge in [-0.05, 0) is 42.8 Å². The highest BCUT2D eigenvalue weighted by molar-refractivity contribution is 5.96. The second kappa shape index (κ2) is 8.77. The number of nitrogens with zero attached hydrogens (tertiary/aromatic N) is 2. The van der Waals surface area contributed by atoms with Crippen molar-refractivity contribution < 1.29 is 14.5 Å². The highest BCUT2D eigenvalue weighted by atomic mass is 16.6. The zero-order valence-electron chi connectivity index (χ0n) is 15.3. The molecule has 0 unspecified atom stereocenters. The minimum Gasteiger partial charge on any atom is -0.487 e. The minimum atomic E-state index is -0.490. The van der Waals surface area contributed by atoms with Gasteiger partial charge in [-0.1, -0.05) is 24.3 Å². The van der Waals surface area contributed by atoms with Gasteiger partial charge in [0.1, 0.15) is 12.4 Å². The van der Waals surface area contributed by atoms with Crippen molar-refractivity contribution in [2.24, 2.45) is 0 Å². The third-order valence-electron chi connectivity index (χ3n) is 4.24. The Balaban J connectivity index is 1.57. The summed E-state index contributed by atoms with van der Waals surface area (Å²) in [5.41, 5.74) is 2.31. The summed E-state index contributed by atoms with van der Waals surface area (Å²) in [6, 6.07) is 17.5. The highest BCUT2D eigenvalue weighted by Gasteiger charge is 2.17. The van der Waals surface area contributed by atoms with Gasteiger partial charge in [-0.2, -0.15) is 0 Å². The number of pyridine rings is 1. The molecule has 0 saturated carbocycles. The first-order valence-corrected chi connectivity index (χ1v) is 8.68. The fourth-order valence-corrected chi connectivity index (χ4v) is 2.69. The number of benzene rings is 2. The molecule has 3 rings (SSSR count). The van der Waals surface area contributed by atoms with Crippen molar-refractivity contribution in [2.75, 3.05) is 0 Å². The van der Waals surface area contributed by atoms with Crippen LogP contribution in [-0.2, 0) is 13.2 Å². The fourth-order valence-electron chi connectivity index (χ4n) is 2.69. The maximum Gasteiger partial charge on any atom is 0.273 e. The Morgan fingerprint density at radius 3 is 2.57 bits per heavy atom. The van der Waals surface area contributed by atoms with Crippen molar-refractivity contribution in [2.45, 2.75) is 20.1 Å². The van der Waals surface area contributed by atoms with Gasteiger partial charge in [-0.3, -0.25) is 19.9 Å². The van der Waals surface area contributed by atoms with Crippen LogP contribution in [0.2, 0.25) is 0 Å². The minimum absolute atomic E-state index is 0.0675. The Morgan fingerprint density at radius 2 is 1.89 bits per heavy atom. The molecule has 7 heteroatoms. The Morgan fingerprint density at radius 1 is 1.11 bits per heavy atom. The van der Waals surface area contributed by atoms with Crippen LogP contribution in [0.15, 0.2) is 66.9 Å². The summed E-state index contributed by atoms with van der Waals surface area (Å²) >= 11 is 0. The van der Waals surface area contributed by atoms with E-state index < -0.39 is 4.92 Å².